The van der Waals surface area contributed by atoms with E-state index in [1.165, 1.54) is 12.1 Å². The van der Waals surface area contributed by atoms with Crippen molar-refractivity contribution in [2.45, 2.75) is 25.4 Å². The van der Waals surface area contributed by atoms with Crippen molar-refractivity contribution in [2.24, 2.45) is 5.92 Å². The van der Waals surface area contributed by atoms with E-state index in [1.54, 1.807) is 0 Å². The first-order chi connectivity index (χ1) is 8.15. The molecule has 92 valence electrons. The van der Waals surface area contributed by atoms with E-state index in [0.29, 0.717) is 12.5 Å². The lowest BCUT2D eigenvalue weighted by atomic mass is 10.1. The summed E-state index contributed by atoms with van der Waals surface area (Å²) in [6.45, 7) is 0.570. The fraction of sp³-hybridized carbons (Fsp3) is 0.545. The monoisotopic (exact) mass is 255 g/mol. The van der Waals surface area contributed by atoms with Crippen LogP contribution >= 0.6 is 11.6 Å². The molecular formula is C11H14ClN3O2. The number of hydrogen-bond acceptors (Lipinski definition) is 4. The van der Waals surface area contributed by atoms with Crippen LogP contribution < -0.4 is 5.32 Å². The van der Waals surface area contributed by atoms with Crippen molar-refractivity contribution in [3.63, 3.8) is 0 Å². The van der Waals surface area contributed by atoms with Crippen LogP contribution in [0.15, 0.2) is 12.1 Å². The summed E-state index contributed by atoms with van der Waals surface area (Å²) in [7, 11) is 0. The van der Waals surface area contributed by atoms with Crippen LogP contribution in [0.5, 0.6) is 0 Å². The second-order valence-electron chi connectivity index (χ2n) is 4.28. The minimum atomic E-state index is -0.254. The van der Waals surface area contributed by atoms with Gasteiger partial charge in [0.05, 0.1) is 6.10 Å². The van der Waals surface area contributed by atoms with E-state index >= 15 is 0 Å². The molecule has 0 aliphatic heterocycles. The summed E-state index contributed by atoms with van der Waals surface area (Å²) >= 11 is 5.58. The van der Waals surface area contributed by atoms with Gasteiger partial charge in [-0.05, 0) is 37.3 Å². The molecule has 2 unspecified atom stereocenters. The van der Waals surface area contributed by atoms with Gasteiger partial charge in [-0.1, -0.05) is 11.6 Å². The van der Waals surface area contributed by atoms with Gasteiger partial charge in [0.25, 0.3) is 5.91 Å². The molecule has 0 saturated heterocycles. The lowest BCUT2D eigenvalue weighted by molar-refractivity contribution is 0.0939. The molecule has 1 aromatic rings. The average Bonchev–Trinajstić information content (AvgIpc) is 2.73. The number of halogens is 1. The van der Waals surface area contributed by atoms with Gasteiger partial charge < -0.3 is 10.4 Å². The molecule has 0 radical (unpaired) electrons. The lowest BCUT2D eigenvalue weighted by Crippen LogP contribution is -2.29. The zero-order valence-corrected chi connectivity index (χ0v) is 10.0. The van der Waals surface area contributed by atoms with Gasteiger partial charge in [-0.15, -0.1) is 10.2 Å². The number of nitrogens with zero attached hydrogens (tertiary/aromatic N) is 2. The summed E-state index contributed by atoms with van der Waals surface area (Å²) in [5.74, 6) is 0.102. The minimum Gasteiger partial charge on any atom is -0.393 e. The summed E-state index contributed by atoms with van der Waals surface area (Å²) in [6, 6.07) is 3.07. The number of carbonyl (C=O) groups is 1. The minimum absolute atomic E-state index is 0.216. The molecule has 1 aromatic heterocycles. The summed E-state index contributed by atoms with van der Waals surface area (Å²) in [6.07, 6.45) is 2.31. The number of nitrogens with one attached hydrogen (secondary N) is 1. The number of aromatic nitrogens is 2. The van der Waals surface area contributed by atoms with E-state index in [2.05, 4.69) is 15.5 Å². The molecule has 1 fully saturated rings. The predicted molar refractivity (Wildman–Crippen MR) is 62.7 cm³/mol. The summed E-state index contributed by atoms with van der Waals surface area (Å²) in [4.78, 5) is 11.7. The third kappa shape index (κ3) is 3.38. The number of aliphatic hydroxyl groups excluding tert-OH is 1. The molecule has 1 aliphatic carbocycles. The third-order valence-corrected chi connectivity index (χ3v) is 3.13. The van der Waals surface area contributed by atoms with Gasteiger partial charge in [-0.2, -0.15) is 0 Å². The van der Waals surface area contributed by atoms with Gasteiger partial charge in [-0.3, -0.25) is 4.79 Å². The Bertz CT molecular complexity index is 396. The van der Waals surface area contributed by atoms with Crippen molar-refractivity contribution in [2.75, 3.05) is 6.54 Å². The van der Waals surface area contributed by atoms with Crippen LogP contribution in [0, 0.1) is 5.92 Å². The molecule has 1 aliphatic rings. The first kappa shape index (κ1) is 12.3. The van der Waals surface area contributed by atoms with Crippen molar-refractivity contribution in [1.82, 2.24) is 15.5 Å². The molecule has 1 heterocycles. The number of aliphatic hydroxyl groups is 1. The van der Waals surface area contributed by atoms with Gasteiger partial charge in [0.2, 0.25) is 0 Å². The Morgan fingerprint density at radius 3 is 2.88 bits per heavy atom. The molecule has 2 atom stereocenters. The summed E-state index contributed by atoms with van der Waals surface area (Å²) in [5, 5.41) is 19.7. The quantitative estimate of drug-likeness (QED) is 0.846. The highest BCUT2D eigenvalue weighted by atomic mass is 35.5. The average molecular weight is 256 g/mol. The van der Waals surface area contributed by atoms with Crippen molar-refractivity contribution < 1.29 is 9.90 Å². The third-order valence-electron chi connectivity index (χ3n) is 2.93. The van der Waals surface area contributed by atoms with Crippen LogP contribution in [0.1, 0.15) is 29.8 Å². The summed E-state index contributed by atoms with van der Waals surface area (Å²) in [5.41, 5.74) is 0.257. The van der Waals surface area contributed by atoms with Gasteiger partial charge >= 0.3 is 0 Å². The Balaban J connectivity index is 1.83. The van der Waals surface area contributed by atoms with E-state index in [0.717, 1.165) is 19.3 Å². The Labute approximate surface area is 104 Å². The maximum absolute atomic E-state index is 11.7. The highest BCUT2D eigenvalue weighted by Gasteiger charge is 2.23. The van der Waals surface area contributed by atoms with E-state index in [1.807, 2.05) is 0 Å². The largest absolute Gasteiger partial charge is 0.393 e. The number of rotatable bonds is 3. The van der Waals surface area contributed by atoms with Crippen molar-refractivity contribution in [3.8, 4) is 0 Å². The Morgan fingerprint density at radius 1 is 1.47 bits per heavy atom. The Morgan fingerprint density at radius 2 is 2.29 bits per heavy atom. The first-order valence-electron chi connectivity index (χ1n) is 5.60. The van der Waals surface area contributed by atoms with Crippen LogP contribution in [0.4, 0.5) is 0 Å². The van der Waals surface area contributed by atoms with Crippen LogP contribution in [0.3, 0.4) is 0 Å². The van der Waals surface area contributed by atoms with Gasteiger partial charge in [-0.25, -0.2) is 0 Å². The van der Waals surface area contributed by atoms with Crippen LogP contribution in [-0.2, 0) is 0 Å². The smallest absolute Gasteiger partial charge is 0.271 e. The normalized spacial score (nSPS) is 23.6. The molecule has 1 saturated carbocycles. The SMILES string of the molecule is O=C(NCC1CCC(O)C1)c1ccc(Cl)nn1. The van der Waals surface area contributed by atoms with Crippen LogP contribution in [0.2, 0.25) is 5.15 Å². The highest BCUT2D eigenvalue weighted by molar-refractivity contribution is 6.29. The topological polar surface area (TPSA) is 75.1 Å². The molecule has 1 amide bonds. The molecule has 5 nitrogen and oxygen atoms in total. The zero-order chi connectivity index (χ0) is 12.3. The lowest BCUT2D eigenvalue weighted by Gasteiger charge is -2.10. The van der Waals surface area contributed by atoms with Crippen LogP contribution in [-0.4, -0.2) is 33.9 Å². The fourth-order valence-corrected chi connectivity index (χ4v) is 2.10. The standard InChI is InChI=1S/C11H14ClN3O2/c12-10-4-3-9(14-15-10)11(17)13-6-7-1-2-8(16)5-7/h3-4,7-8,16H,1-2,5-6H2,(H,13,17). The van der Waals surface area contributed by atoms with Gasteiger partial charge in [0.1, 0.15) is 0 Å². The summed E-state index contributed by atoms with van der Waals surface area (Å²) < 4.78 is 0. The van der Waals surface area contributed by atoms with Crippen molar-refractivity contribution >= 4 is 17.5 Å². The molecule has 6 heteroatoms. The van der Waals surface area contributed by atoms with E-state index < -0.39 is 0 Å². The molecule has 0 bridgehead atoms. The molecular weight excluding hydrogens is 242 g/mol. The van der Waals surface area contributed by atoms with Crippen molar-refractivity contribution in [1.29, 1.82) is 0 Å². The number of amides is 1. The Hall–Kier alpha value is -1.20. The number of hydrogen-bond donors (Lipinski definition) is 2. The molecule has 0 spiro atoms. The first-order valence-corrected chi connectivity index (χ1v) is 5.98. The van der Waals surface area contributed by atoms with Crippen molar-refractivity contribution in [3.05, 3.63) is 23.0 Å². The highest BCUT2D eigenvalue weighted by Crippen LogP contribution is 2.24. The second kappa shape index (κ2) is 5.42. The Kier molecular flexibility index (Phi) is 3.91. The predicted octanol–water partition coefficient (Wildman–Crippen LogP) is 1.02. The number of carbonyl (C=O) groups excluding carboxylic acids is 1. The molecule has 17 heavy (non-hydrogen) atoms. The van der Waals surface area contributed by atoms with Gasteiger partial charge in [0, 0.05) is 6.54 Å². The molecule has 2 rings (SSSR count). The second-order valence-corrected chi connectivity index (χ2v) is 4.67. The van der Waals surface area contributed by atoms with E-state index in [-0.39, 0.29) is 22.9 Å². The van der Waals surface area contributed by atoms with Crippen LogP contribution in [0.25, 0.3) is 0 Å². The van der Waals surface area contributed by atoms with Gasteiger partial charge in [0.15, 0.2) is 10.8 Å². The fourth-order valence-electron chi connectivity index (χ4n) is 2.00. The maximum atomic E-state index is 11.7. The maximum Gasteiger partial charge on any atom is 0.271 e. The van der Waals surface area contributed by atoms with E-state index in [4.69, 9.17) is 11.6 Å². The zero-order valence-electron chi connectivity index (χ0n) is 9.27. The van der Waals surface area contributed by atoms with E-state index in [9.17, 15) is 9.90 Å². The molecule has 2 N–H and O–H groups in total. The molecule has 0 aromatic carbocycles.